The molecule has 0 aliphatic carbocycles. The van der Waals surface area contributed by atoms with Crippen LogP contribution in [0.1, 0.15) is 43.5 Å². The first kappa shape index (κ1) is 19.5. The molecule has 144 valence electrons. The second-order valence-corrected chi connectivity index (χ2v) is 8.79. The van der Waals surface area contributed by atoms with Crippen LogP contribution in [-0.4, -0.2) is 30.7 Å². The minimum absolute atomic E-state index is 0.0309. The van der Waals surface area contributed by atoms with Crippen LogP contribution < -0.4 is 5.32 Å². The van der Waals surface area contributed by atoms with Gasteiger partial charge in [0.25, 0.3) is 5.91 Å². The number of hydrogen-bond donors (Lipinski definition) is 1. The molecule has 2 aromatic carbocycles. The van der Waals surface area contributed by atoms with Gasteiger partial charge in [0.15, 0.2) is 0 Å². The molecule has 27 heavy (non-hydrogen) atoms. The minimum Gasteiger partial charge on any atom is -0.322 e. The summed E-state index contributed by atoms with van der Waals surface area (Å²) in [5, 5.41) is 2.68. The van der Waals surface area contributed by atoms with Crippen molar-refractivity contribution < 1.29 is 17.6 Å². The summed E-state index contributed by atoms with van der Waals surface area (Å²) in [7, 11) is -3.58. The SMILES string of the molecule is C[C@@H]1CCC[C@H](C)N1S(=O)(=O)c1ccc(NC(=O)c2ccc(F)cc2)cc1. The zero-order valence-electron chi connectivity index (χ0n) is 15.4. The number of hydrogen-bond acceptors (Lipinski definition) is 3. The Hall–Kier alpha value is -2.25. The summed E-state index contributed by atoms with van der Waals surface area (Å²) in [5.41, 5.74) is 0.798. The summed E-state index contributed by atoms with van der Waals surface area (Å²) in [6.07, 6.45) is 2.74. The number of nitrogens with one attached hydrogen (secondary N) is 1. The summed E-state index contributed by atoms with van der Waals surface area (Å²) in [4.78, 5) is 12.4. The van der Waals surface area contributed by atoms with Gasteiger partial charge in [-0.2, -0.15) is 4.31 Å². The van der Waals surface area contributed by atoms with Crippen molar-refractivity contribution in [1.82, 2.24) is 4.31 Å². The smallest absolute Gasteiger partial charge is 0.255 e. The van der Waals surface area contributed by atoms with Crippen LogP contribution >= 0.6 is 0 Å². The highest BCUT2D eigenvalue weighted by Crippen LogP contribution is 2.30. The minimum atomic E-state index is -3.58. The Bertz CT molecular complexity index is 901. The van der Waals surface area contributed by atoms with Gasteiger partial charge in [0.05, 0.1) is 4.90 Å². The predicted octanol–water partition coefficient (Wildman–Crippen LogP) is 4.03. The van der Waals surface area contributed by atoms with Crippen molar-refractivity contribution in [3.8, 4) is 0 Å². The van der Waals surface area contributed by atoms with Gasteiger partial charge >= 0.3 is 0 Å². The zero-order valence-corrected chi connectivity index (χ0v) is 16.2. The molecule has 0 spiro atoms. The topological polar surface area (TPSA) is 66.5 Å². The molecule has 0 unspecified atom stereocenters. The Kier molecular flexibility index (Phi) is 5.62. The monoisotopic (exact) mass is 390 g/mol. The average Bonchev–Trinajstić information content (AvgIpc) is 2.62. The Morgan fingerprint density at radius 1 is 1.00 bits per heavy atom. The van der Waals surface area contributed by atoms with Crippen LogP contribution in [0, 0.1) is 5.82 Å². The molecule has 1 fully saturated rings. The first-order valence-electron chi connectivity index (χ1n) is 8.99. The molecular formula is C20H23FN2O3S. The fraction of sp³-hybridized carbons (Fsp3) is 0.350. The lowest BCUT2D eigenvalue weighted by atomic mass is 10.0. The van der Waals surface area contributed by atoms with Crippen LogP contribution in [0.4, 0.5) is 10.1 Å². The molecule has 2 aromatic rings. The lowest BCUT2D eigenvalue weighted by Gasteiger charge is -2.37. The molecule has 0 aromatic heterocycles. The highest BCUT2D eigenvalue weighted by atomic mass is 32.2. The Morgan fingerprint density at radius 3 is 2.11 bits per heavy atom. The van der Waals surface area contributed by atoms with Gasteiger partial charge in [-0.1, -0.05) is 6.42 Å². The number of anilines is 1. The fourth-order valence-corrected chi connectivity index (χ4v) is 5.39. The van der Waals surface area contributed by atoms with Crippen LogP contribution in [0.3, 0.4) is 0 Å². The summed E-state index contributed by atoms with van der Waals surface area (Å²) >= 11 is 0. The summed E-state index contributed by atoms with van der Waals surface area (Å²) in [6.45, 7) is 3.87. The van der Waals surface area contributed by atoms with E-state index in [-0.39, 0.29) is 22.9 Å². The van der Waals surface area contributed by atoms with Crippen molar-refractivity contribution in [3.63, 3.8) is 0 Å². The number of sulfonamides is 1. The summed E-state index contributed by atoms with van der Waals surface area (Å²) < 4.78 is 40.5. The predicted molar refractivity (Wildman–Crippen MR) is 103 cm³/mol. The van der Waals surface area contributed by atoms with Crippen LogP contribution in [-0.2, 0) is 10.0 Å². The van der Waals surface area contributed by atoms with E-state index in [0.717, 1.165) is 19.3 Å². The lowest BCUT2D eigenvalue weighted by molar-refractivity contribution is 0.102. The van der Waals surface area contributed by atoms with E-state index in [2.05, 4.69) is 5.32 Å². The number of amides is 1. The van der Waals surface area contributed by atoms with Crippen LogP contribution in [0.2, 0.25) is 0 Å². The maximum absolute atomic E-state index is 13.0. The Balaban J connectivity index is 1.76. The van der Waals surface area contributed by atoms with E-state index in [1.165, 1.54) is 36.4 Å². The van der Waals surface area contributed by atoms with E-state index in [0.29, 0.717) is 11.3 Å². The number of rotatable bonds is 4. The molecule has 1 aliphatic heterocycles. The molecule has 1 aliphatic rings. The van der Waals surface area contributed by atoms with Crippen molar-refractivity contribution in [2.24, 2.45) is 0 Å². The molecule has 1 amide bonds. The van der Waals surface area contributed by atoms with Gasteiger partial charge in [0.2, 0.25) is 10.0 Å². The average molecular weight is 390 g/mol. The number of piperidine rings is 1. The molecule has 0 saturated carbocycles. The third kappa shape index (κ3) is 4.20. The maximum atomic E-state index is 13.0. The molecule has 3 rings (SSSR count). The molecule has 2 atom stereocenters. The van der Waals surface area contributed by atoms with E-state index in [9.17, 15) is 17.6 Å². The quantitative estimate of drug-likeness (QED) is 0.857. The highest BCUT2D eigenvalue weighted by molar-refractivity contribution is 7.89. The first-order valence-corrected chi connectivity index (χ1v) is 10.4. The van der Waals surface area contributed by atoms with Gasteiger partial charge < -0.3 is 5.32 Å². The first-order chi connectivity index (χ1) is 12.8. The van der Waals surface area contributed by atoms with Gasteiger partial charge in [0.1, 0.15) is 5.82 Å². The van der Waals surface area contributed by atoms with E-state index in [1.54, 1.807) is 16.4 Å². The third-order valence-electron chi connectivity index (χ3n) is 4.91. The number of benzene rings is 2. The Morgan fingerprint density at radius 2 is 1.56 bits per heavy atom. The molecule has 0 bridgehead atoms. The second kappa shape index (κ2) is 7.78. The summed E-state index contributed by atoms with van der Waals surface area (Å²) in [6, 6.07) is 11.3. The molecule has 5 nitrogen and oxygen atoms in total. The van der Waals surface area contributed by atoms with E-state index in [1.807, 2.05) is 13.8 Å². The normalized spacial score (nSPS) is 21.0. The van der Waals surface area contributed by atoms with E-state index >= 15 is 0 Å². The number of carbonyl (C=O) groups excluding carboxylic acids is 1. The van der Waals surface area contributed by atoms with Gasteiger partial charge in [-0.3, -0.25) is 4.79 Å². The van der Waals surface area contributed by atoms with Crippen molar-refractivity contribution in [2.45, 2.75) is 50.1 Å². The van der Waals surface area contributed by atoms with E-state index in [4.69, 9.17) is 0 Å². The van der Waals surface area contributed by atoms with Gasteiger partial charge in [-0.25, -0.2) is 12.8 Å². The zero-order chi connectivity index (χ0) is 19.6. The number of nitrogens with zero attached hydrogens (tertiary/aromatic N) is 1. The van der Waals surface area contributed by atoms with Gasteiger partial charge in [-0.15, -0.1) is 0 Å². The molecule has 7 heteroatoms. The molecule has 1 N–H and O–H groups in total. The van der Waals surface area contributed by atoms with Crippen molar-refractivity contribution >= 4 is 21.6 Å². The van der Waals surface area contributed by atoms with Gasteiger partial charge in [-0.05, 0) is 75.2 Å². The van der Waals surface area contributed by atoms with Crippen LogP contribution in [0.15, 0.2) is 53.4 Å². The highest BCUT2D eigenvalue weighted by Gasteiger charge is 2.35. The number of halogens is 1. The van der Waals surface area contributed by atoms with Gasteiger partial charge in [0, 0.05) is 23.3 Å². The summed E-state index contributed by atoms with van der Waals surface area (Å²) in [5.74, 6) is -0.800. The van der Waals surface area contributed by atoms with Crippen molar-refractivity contribution in [1.29, 1.82) is 0 Å². The van der Waals surface area contributed by atoms with Crippen LogP contribution in [0.5, 0.6) is 0 Å². The second-order valence-electron chi connectivity index (χ2n) is 6.95. The standard InChI is InChI=1S/C20H23FN2O3S/c1-14-4-3-5-15(2)23(14)27(25,26)19-12-10-18(11-13-19)22-20(24)16-6-8-17(21)9-7-16/h6-15H,3-5H2,1-2H3,(H,22,24)/t14-,15+. The molecule has 0 radical (unpaired) electrons. The van der Waals surface area contributed by atoms with E-state index < -0.39 is 15.8 Å². The Labute approximate surface area is 159 Å². The largest absolute Gasteiger partial charge is 0.322 e. The number of carbonyl (C=O) groups is 1. The molecule has 1 saturated heterocycles. The fourth-order valence-electron chi connectivity index (χ4n) is 3.51. The molecular weight excluding hydrogens is 367 g/mol. The van der Waals surface area contributed by atoms with Crippen molar-refractivity contribution in [2.75, 3.05) is 5.32 Å². The maximum Gasteiger partial charge on any atom is 0.255 e. The third-order valence-corrected chi connectivity index (χ3v) is 7.05. The lowest BCUT2D eigenvalue weighted by Crippen LogP contribution is -2.47. The van der Waals surface area contributed by atoms with Crippen LogP contribution in [0.25, 0.3) is 0 Å². The molecule has 1 heterocycles. The van der Waals surface area contributed by atoms with Crippen molar-refractivity contribution in [3.05, 3.63) is 59.9 Å².